The van der Waals surface area contributed by atoms with Crippen LogP contribution in [-0.4, -0.2) is 43.3 Å². The molecule has 0 unspecified atom stereocenters. The van der Waals surface area contributed by atoms with Crippen molar-refractivity contribution in [3.8, 4) is 11.5 Å². The van der Waals surface area contributed by atoms with Crippen LogP contribution in [0.15, 0.2) is 18.2 Å². The molecule has 0 radical (unpaired) electrons. The topological polar surface area (TPSA) is 59.0 Å². The van der Waals surface area contributed by atoms with Crippen LogP contribution in [0.3, 0.4) is 0 Å². The number of carboxylic acid groups (broad SMARTS) is 1. The van der Waals surface area contributed by atoms with Gasteiger partial charge in [0.1, 0.15) is 18.8 Å². The summed E-state index contributed by atoms with van der Waals surface area (Å²) in [5.74, 6) is 0.369. The highest BCUT2D eigenvalue weighted by atomic mass is 16.6. The van der Waals surface area contributed by atoms with Crippen LogP contribution in [0.2, 0.25) is 0 Å². The van der Waals surface area contributed by atoms with Crippen molar-refractivity contribution < 1.29 is 19.4 Å². The van der Waals surface area contributed by atoms with Crippen molar-refractivity contribution >= 4 is 5.97 Å². The molecule has 1 aliphatic rings. The summed E-state index contributed by atoms with van der Waals surface area (Å²) in [4.78, 5) is 13.2. The Balaban J connectivity index is 2.46. The summed E-state index contributed by atoms with van der Waals surface area (Å²) in [5.41, 5.74) is -0.417. The Morgan fingerprint density at radius 1 is 1.28 bits per heavy atom. The SMILES string of the molecule is CN(C)[C@](C)(C(=O)O)c1ccc2c(c1)OCCO2. The normalized spacial score (nSPS) is 17.3. The molecule has 0 fully saturated rings. The van der Waals surface area contributed by atoms with Gasteiger partial charge in [0.2, 0.25) is 0 Å². The smallest absolute Gasteiger partial charge is 0.328 e. The molecule has 0 saturated carbocycles. The fraction of sp³-hybridized carbons (Fsp3) is 0.462. The number of likely N-dealkylation sites (N-methyl/N-ethyl adjacent to an activating group) is 1. The summed E-state index contributed by atoms with van der Waals surface area (Å²) in [6, 6.07) is 5.26. The molecule has 1 aromatic rings. The van der Waals surface area contributed by atoms with Crippen LogP contribution >= 0.6 is 0 Å². The number of carbonyl (C=O) groups is 1. The highest BCUT2D eigenvalue weighted by Crippen LogP contribution is 2.36. The number of nitrogens with zero attached hydrogens (tertiary/aromatic N) is 1. The molecule has 98 valence electrons. The number of hydrogen-bond acceptors (Lipinski definition) is 4. The lowest BCUT2D eigenvalue weighted by Gasteiger charge is -2.33. The number of hydrogen-bond donors (Lipinski definition) is 1. The van der Waals surface area contributed by atoms with Gasteiger partial charge in [-0.25, -0.2) is 4.79 Å². The Labute approximate surface area is 106 Å². The lowest BCUT2D eigenvalue weighted by Crippen LogP contribution is -2.45. The fourth-order valence-corrected chi connectivity index (χ4v) is 1.92. The molecule has 1 aromatic carbocycles. The van der Waals surface area contributed by atoms with Crippen LogP contribution in [0.1, 0.15) is 12.5 Å². The third-order valence-electron chi connectivity index (χ3n) is 3.42. The Bertz CT molecular complexity index is 472. The number of ether oxygens (including phenoxy) is 2. The van der Waals surface area contributed by atoms with Crippen LogP contribution in [-0.2, 0) is 10.3 Å². The zero-order valence-electron chi connectivity index (χ0n) is 10.8. The Morgan fingerprint density at radius 2 is 1.89 bits per heavy atom. The summed E-state index contributed by atoms with van der Waals surface area (Å²) in [6.45, 7) is 2.68. The van der Waals surface area contributed by atoms with E-state index in [-0.39, 0.29) is 0 Å². The summed E-state index contributed by atoms with van der Waals surface area (Å²) in [6.07, 6.45) is 0. The van der Waals surface area contributed by atoms with Gasteiger partial charge >= 0.3 is 5.97 Å². The number of rotatable bonds is 3. The maximum absolute atomic E-state index is 11.5. The third kappa shape index (κ3) is 1.90. The third-order valence-corrected chi connectivity index (χ3v) is 3.42. The van der Waals surface area contributed by atoms with Crippen molar-refractivity contribution in [3.63, 3.8) is 0 Å². The largest absolute Gasteiger partial charge is 0.486 e. The molecular formula is C13H17NO4. The van der Waals surface area contributed by atoms with Gasteiger partial charge in [-0.05, 0) is 38.7 Å². The number of fused-ring (bicyclic) bond motifs is 1. The van der Waals surface area contributed by atoms with E-state index in [2.05, 4.69) is 0 Å². The van der Waals surface area contributed by atoms with E-state index < -0.39 is 11.5 Å². The maximum atomic E-state index is 11.5. The minimum absolute atomic E-state index is 0.488. The van der Waals surface area contributed by atoms with E-state index in [9.17, 15) is 9.90 Å². The van der Waals surface area contributed by atoms with Crippen LogP contribution in [0.4, 0.5) is 0 Å². The average molecular weight is 251 g/mol. The van der Waals surface area contributed by atoms with Crippen molar-refractivity contribution in [1.29, 1.82) is 0 Å². The lowest BCUT2D eigenvalue weighted by molar-refractivity contribution is -0.149. The van der Waals surface area contributed by atoms with Gasteiger partial charge in [0.15, 0.2) is 11.5 Å². The highest BCUT2D eigenvalue weighted by molar-refractivity contribution is 5.80. The van der Waals surface area contributed by atoms with Crippen molar-refractivity contribution in [2.24, 2.45) is 0 Å². The van der Waals surface area contributed by atoms with Crippen LogP contribution < -0.4 is 9.47 Å². The predicted molar refractivity (Wildman–Crippen MR) is 66.1 cm³/mol. The second-order valence-corrected chi connectivity index (χ2v) is 4.63. The van der Waals surface area contributed by atoms with Gasteiger partial charge in [0, 0.05) is 0 Å². The lowest BCUT2D eigenvalue weighted by atomic mass is 9.90. The first kappa shape index (κ1) is 12.7. The zero-order valence-corrected chi connectivity index (χ0v) is 10.8. The second-order valence-electron chi connectivity index (χ2n) is 4.63. The predicted octanol–water partition coefficient (Wildman–Crippen LogP) is 1.32. The number of aliphatic carboxylic acids is 1. The van der Waals surface area contributed by atoms with E-state index >= 15 is 0 Å². The molecule has 1 heterocycles. The molecule has 2 rings (SSSR count). The number of carboxylic acids is 1. The summed E-state index contributed by atoms with van der Waals surface area (Å²) < 4.78 is 10.9. The standard InChI is InChI=1S/C13H17NO4/c1-13(12(15)16,14(2)3)9-4-5-10-11(8-9)18-7-6-17-10/h4-5,8H,6-7H2,1-3H3,(H,15,16)/t13-/m0/s1. The zero-order chi connectivity index (χ0) is 13.3. The molecule has 18 heavy (non-hydrogen) atoms. The van der Waals surface area contributed by atoms with E-state index in [0.717, 1.165) is 0 Å². The second kappa shape index (κ2) is 4.49. The molecule has 5 heteroatoms. The van der Waals surface area contributed by atoms with Gasteiger partial charge < -0.3 is 14.6 Å². The summed E-state index contributed by atoms with van der Waals surface area (Å²) in [5, 5.41) is 9.45. The van der Waals surface area contributed by atoms with E-state index in [4.69, 9.17) is 9.47 Å². The highest BCUT2D eigenvalue weighted by Gasteiger charge is 2.38. The molecule has 0 aliphatic carbocycles. The van der Waals surface area contributed by atoms with Gasteiger partial charge in [-0.15, -0.1) is 0 Å². The van der Waals surface area contributed by atoms with Crippen molar-refractivity contribution in [1.82, 2.24) is 4.90 Å². The summed E-state index contributed by atoms with van der Waals surface area (Å²) in [7, 11) is 3.48. The van der Waals surface area contributed by atoms with Gasteiger partial charge in [0.05, 0.1) is 0 Å². The molecule has 5 nitrogen and oxygen atoms in total. The fourth-order valence-electron chi connectivity index (χ4n) is 1.92. The molecule has 0 spiro atoms. The van der Waals surface area contributed by atoms with E-state index in [0.29, 0.717) is 30.3 Å². The first-order valence-corrected chi connectivity index (χ1v) is 5.77. The van der Waals surface area contributed by atoms with Crippen molar-refractivity contribution in [3.05, 3.63) is 23.8 Å². The van der Waals surface area contributed by atoms with E-state index in [1.54, 1.807) is 44.1 Å². The molecule has 0 saturated heterocycles. The van der Waals surface area contributed by atoms with Gasteiger partial charge in [-0.2, -0.15) is 0 Å². The molecule has 1 atom stereocenters. The van der Waals surface area contributed by atoms with Crippen molar-refractivity contribution in [2.45, 2.75) is 12.5 Å². The van der Waals surface area contributed by atoms with Crippen molar-refractivity contribution in [2.75, 3.05) is 27.3 Å². The first-order valence-electron chi connectivity index (χ1n) is 5.77. The molecule has 1 N–H and O–H groups in total. The van der Waals surface area contributed by atoms with E-state index in [1.165, 1.54) is 0 Å². The number of benzene rings is 1. The van der Waals surface area contributed by atoms with Crippen LogP contribution in [0.25, 0.3) is 0 Å². The first-order chi connectivity index (χ1) is 8.46. The quantitative estimate of drug-likeness (QED) is 0.878. The minimum atomic E-state index is -1.09. The van der Waals surface area contributed by atoms with Crippen LogP contribution in [0, 0.1) is 0 Å². The molecule has 0 aromatic heterocycles. The van der Waals surface area contributed by atoms with Crippen LogP contribution in [0.5, 0.6) is 11.5 Å². The van der Waals surface area contributed by atoms with Gasteiger partial charge in [-0.1, -0.05) is 6.07 Å². The monoisotopic (exact) mass is 251 g/mol. The molecule has 1 aliphatic heterocycles. The average Bonchev–Trinajstić information content (AvgIpc) is 2.36. The maximum Gasteiger partial charge on any atom is 0.328 e. The Hall–Kier alpha value is -1.75. The Morgan fingerprint density at radius 3 is 2.44 bits per heavy atom. The minimum Gasteiger partial charge on any atom is -0.486 e. The van der Waals surface area contributed by atoms with Gasteiger partial charge in [-0.3, -0.25) is 4.90 Å². The van der Waals surface area contributed by atoms with E-state index in [1.807, 2.05) is 0 Å². The Kier molecular flexibility index (Phi) is 3.17. The molecular weight excluding hydrogens is 234 g/mol. The van der Waals surface area contributed by atoms with Gasteiger partial charge in [0.25, 0.3) is 0 Å². The molecule has 0 bridgehead atoms. The molecule has 0 amide bonds. The summed E-state index contributed by atoms with van der Waals surface area (Å²) >= 11 is 0.